The molecule has 1 N–H and O–H groups in total. The van der Waals surface area contributed by atoms with Gasteiger partial charge in [0.05, 0.1) is 6.54 Å². The van der Waals surface area contributed by atoms with Crippen molar-refractivity contribution in [3.05, 3.63) is 35.4 Å². The predicted octanol–water partition coefficient (Wildman–Crippen LogP) is 1.45. The van der Waals surface area contributed by atoms with E-state index in [1.54, 1.807) is 0 Å². The molecule has 0 aromatic heterocycles. The molecule has 1 aromatic carbocycles. The minimum atomic E-state index is -0.979. The van der Waals surface area contributed by atoms with Crippen LogP contribution >= 0.6 is 0 Å². The van der Waals surface area contributed by atoms with Crippen LogP contribution in [0.4, 0.5) is 8.78 Å². The molecule has 2 rings (SSSR count). The zero-order valence-electron chi connectivity index (χ0n) is 11.3. The number of carbonyl (C=O) groups excluding carboxylic acids is 2. The summed E-state index contributed by atoms with van der Waals surface area (Å²) in [7, 11) is 0. The highest BCUT2D eigenvalue weighted by Gasteiger charge is 2.34. The minimum Gasteiger partial charge on any atom is -0.343 e. The van der Waals surface area contributed by atoms with Crippen LogP contribution in [0.3, 0.4) is 0 Å². The van der Waals surface area contributed by atoms with E-state index in [1.165, 1.54) is 17.0 Å². The van der Waals surface area contributed by atoms with Crippen molar-refractivity contribution in [2.24, 2.45) is 5.92 Å². The number of carbonyl (C=O) groups is 2. The summed E-state index contributed by atoms with van der Waals surface area (Å²) in [5.74, 6) is -2.57. The van der Waals surface area contributed by atoms with E-state index < -0.39 is 17.7 Å². The number of nitrogens with zero attached hydrogens (tertiary/aromatic N) is 1. The van der Waals surface area contributed by atoms with E-state index in [1.807, 2.05) is 13.8 Å². The number of halogens is 2. The highest BCUT2D eigenvalue weighted by Crippen LogP contribution is 2.17. The van der Waals surface area contributed by atoms with Gasteiger partial charge in [-0.05, 0) is 12.0 Å². The normalized spacial score (nSPS) is 19.4. The number of hydrogen-bond acceptors (Lipinski definition) is 2. The van der Waals surface area contributed by atoms with Gasteiger partial charge in [0.2, 0.25) is 11.8 Å². The number of rotatable bonds is 3. The van der Waals surface area contributed by atoms with Crippen molar-refractivity contribution in [2.45, 2.75) is 26.4 Å². The van der Waals surface area contributed by atoms with Crippen molar-refractivity contribution < 1.29 is 18.4 Å². The van der Waals surface area contributed by atoms with E-state index in [0.717, 1.165) is 6.07 Å². The third-order valence-corrected chi connectivity index (χ3v) is 3.29. The second-order valence-corrected chi connectivity index (χ2v) is 5.20. The van der Waals surface area contributed by atoms with E-state index >= 15 is 0 Å². The Bertz CT molecular complexity index is 546. The van der Waals surface area contributed by atoms with E-state index in [2.05, 4.69) is 5.32 Å². The van der Waals surface area contributed by atoms with Crippen LogP contribution in [0.5, 0.6) is 0 Å². The predicted molar refractivity (Wildman–Crippen MR) is 68.5 cm³/mol. The van der Waals surface area contributed by atoms with Gasteiger partial charge in [0, 0.05) is 12.1 Å². The zero-order valence-corrected chi connectivity index (χ0v) is 11.3. The summed E-state index contributed by atoms with van der Waals surface area (Å²) < 4.78 is 26.8. The average Bonchev–Trinajstić information content (AvgIpc) is 2.38. The molecular formula is C14H16F2N2O2. The topological polar surface area (TPSA) is 49.4 Å². The molecule has 1 saturated heterocycles. The molecule has 1 atom stereocenters. The molecule has 6 heteroatoms. The van der Waals surface area contributed by atoms with Gasteiger partial charge in [0.1, 0.15) is 6.04 Å². The molecule has 1 aliphatic rings. The second-order valence-electron chi connectivity index (χ2n) is 5.20. The summed E-state index contributed by atoms with van der Waals surface area (Å²) in [6, 6.07) is 3.18. The SMILES string of the molecule is CC(C)C1NC(=O)CN(Cc2cccc(F)c2F)C1=O. The first-order valence-corrected chi connectivity index (χ1v) is 6.41. The van der Waals surface area contributed by atoms with Gasteiger partial charge in [0.15, 0.2) is 11.6 Å². The van der Waals surface area contributed by atoms with E-state index in [0.29, 0.717) is 0 Å². The second kappa shape index (κ2) is 5.56. The Kier molecular flexibility index (Phi) is 4.01. The maximum absolute atomic E-state index is 13.6. The number of hydrogen-bond donors (Lipinski definition) is 1. The summed E-state index contributed by atoms with van der Waals surface area (Å²) in [4.78, 5) is 25.1. The smallest absolute Gasteiger partial charge is 0.246 e. The van der Waals surface area contributed by atoms with Crippen LogP contribution in [0.25, 0.3) is 0 Å². The quantitative estimate of drug-likeness (QED) is 0.912. The molecule has 0 aliphatic carbocycles. The average molecular weight is 282 g/mol. The van der Waals surface area contributed by atoms with E-state index in [9.17, 15) is 18.4 Å². The lowest BCUT2D eigenvalue weighted by Crippen LogP contribution is -2.59. The van der Waals surface area contributed by atoms with Gasteiger partial charge < -0.3 is 10.2 Å². The van der Waals surface area contributed by atoms with Crippen molar-refractivity contribution in [2.75, 3.05) is 6.54 Å². The molecule has 1 aromatic rings. The first-order chi connectivity index (χ1) is 9.40. The third kappa shape index (κ3) is 2.79. The highest BCUT2D eigenvalue weighted by atomic mass is 19.2. The number of piperazine rings is 1. The Balaban J connectivity index is 2.21. The molecule has 4 nitrogen and oxygen atoms in total. The molecule has 2 amide bonds. The zero-order chi connectivity index (χ0) is 14.9. The molecule has 108 valence electrons. The summed E-state index contributed by atoms with van der Waals surface area (Å²) in [6.07, 6.45) is 0. The van der Waals surface area contributed by atoms with Crippen LogP contribution in [-0.4, -0.2) is 29.3 Å². The van der Waals surface area contributed by atoms with Gasteiger partial charge in [-0.3, -0.25) is 9.59 Å². The summed E-state index contributed by atoms with van der Waals surface area (Å²) in [6.45, 7) is 3.38. The molecule has 1 fully saturated rings. The summed E-state index contributed by atoms with van der Waals surface area (Å²) >= 11 is 0. The first-order valence-electron chi connectivity index (χ1n) is 6.41. The van der Waals surface area contributed by atoms with Gasteiger partial charge in [-0.25, -0.2) is 8.78 Å². The van der Waals surface area contributed by atoms with Crippen LogP contribution in [0.15, 0.2) is 18.2 Å². The lowest BCUT2D eigenvalue weighted by Gasteiger charge is -2.34. The molecule has 1 heterocycles. The fourth-order valence-corrected chi connectivity index (χ4v) is 2.19. The molecule has 0 saturated carbocycles. The monoisotopic (exact) mass is 282 g/mol. The third-order valence-electron chi connectivity index (χ3n) is 3.29. The Hall–Kier alpha value is -1.98. The van der Waals surface area contributed by atoms with E-state index in [-0.39, 0.29) is 36.4 Å². The van der Waals surface area contributed by atoms with Crippen molar-refractivity contribution in [1.82, 2.24) is 10.2 Å². The fraction of sp³-hybridized carbons (Fsp3) is 0.429. The van der Waals surface area contributed by atoms with Gasteiger partial charge in [-0.1, -0.05) is 26.0 Å². The Morgan fingerprint density at radius 2 is 2.05 bits per heavy atom. The minimum absolute atomic E-state index is 0.0633. The maximum Gasteiger partial charge on any atom is 0.246 e. The molecule has 20 heavy (non-hydrogen) atoms. The van der Waals surface area contributed by atoms with Crippen LogP contribution < -0.4 is 5.32 Å². The lowest BCUT2D eigenvalue weighted by molar-refractivity contribution is -0.146. The summed E-state index contributed by atoms with van der Waals surface area (Å²) in [5, 5.41) is 2.61. The van der Waals surface area contributed by atoms with Crippen LogP contribution in [0.1, 0.15) is 19.4 Å². The van der Waals surface area contributed by atoms with Gasteiger partial charge in [0.25, 0.3) is 0 Å². The molecule has 0 bridgehead atoms. The lowest BCUT2D eigenvalue weighted by atomic mass is 10.0. The Morgan fingerprint density at radius 3 is 2.70 bits per heavy atom. The van der Waals surface area contributed by atoms with Crippen molar-refractivity contribution in [3.63, 3.8) is 0 Å². The standard InChI is InChI=1S/C14H16F2N2O2/c1-8(2)13-14(20)18(7-11(19)17-13)6-9-4-3-5-10(15)12(9)16/h3-5,8,13H,6-7H2,1-2H3,(H,17,19). The van der Waals surface area contributed by atoms with Crippen LogP contribution in [-0.2, 0) is 16.1 Å². The Morgan fingerprint density at radius 1 is 1.35 bits per heavy atom. The number of nitrogens with one attached hydrogen (secondary N) is 1. The molecular weight excluding hydrogens is 266 g/mol. The highest BCUT2D eigenvalue weighted by molar-refractivity contribution is 5.94. The van der Waals surface area contributed by atoms with Gasteiger partial charge >= 0.3 is 0 Å². The van der Waals surface area contributed by atoms with Gasteiger partial charge in [-0.15, -0.1) is 0 Å². The molecule has 0 spiro atoms. The number of amides is 2. The largest absolute Gasteiger partial charge is 0.343 e. The van der Waals surface area contributed by atoms with E-state index in [4.69, 9.17) is 0 Å². The van der Waals surface area contributed by atoms with Crippen LogP contribution in [0, 0.1) is 17.6 Å². The maximum atomic E-state index is 13.6. The van der Waals surface area contributed by atoms with Crippen LogP contribution in [0.2, 0.25) is 0 Å². The first kappa shape index (κ1) is 14.4. The number of benzene rings is 1. The molecule has 1 unspecified atom stereocenters. The fourth-order valence-electron chi connectivity index (χ4n) is 2.19. The van der Waals surface area contributed by atoms with Crippen molar-refractivity contribution in [1.29, 1.82) is 0 Å². The molecule has 1 aliphatic heterocycles. The van der Waals surface area contributed by atoms with Gasteiger partial charge in [-0.2, -0.15) is 0 Å². The Labute approximate surface area is 115 Å². The summed E-state index contributed by atoms with van der Waals surface area (Å²) in [5.41, 5.74) is 0.0653. The van der Waals surface area contributed by atoms with Crippen molar-refractivity contribution in [3.8, 4) is 0 Å². The molecule has 0 radical (unpaired) electrons. The van der Waals surface area contributed by atoms with Crippen molar-refractivity contribution >= 4 is 11.8 Å².